The molecule has 0 aliphatic heterocycles. The molecular formula is C7H7O3-. The Hall–Kier alpha value is -1.25. The van der Waals surface area contributed by atoms with Gasteiger partial charge in [0.15, 0.2) is 0 Å². The Kier molecular flexibility index (Phi) is 1.49. The molecule has 0 saturated carbocycles. The fourth-order valence-electron chi connectivity index (χ4n) is 0.833. The van der Waals surface area contributed by atoms with E-state index in [4.69, 9.17) is 4.42 Å². The Bertz CT molecular complexity index is 260. The average Bonchev–Trinajstić information content (AvgIpc) is 2.10. The first-order valence-electron chi connectivity index (χ1n) is 2.89. The molecule has 0 unspecified atom stereocenters. The molecule has 0 fully saturated rings. The van der Waals surface area contributed by atoms with E-state index < -0.39 is 5.97 Å². The van der Waals surface area contributed by atoms with Crippen molar-refractivity contribution in [2.75, 3.05) is 0 Å². The second-order valence-electron chi connectivity index (χ2n) is 2.11. The van der Waals surface area contributed by atoms with Crippen molar-refractivity contribution >= 4 is 5.97 Å². The van der Waals surface area contributed by atoms with Crippen LogP contribution >= 0.6 is 0 Å². The quantitative estimate of drug-likeness (QED) is 0.560. The third-order valence-electron chi connectivity index (χ3n) is 1.26. The van der Waals surface area contributed by atoms with Gasteiger partial charge in [-0.1, -0.05) is 0 Å². The number of aromatic carboxylic acids is 1. The third-order valence-corrected chi connectivity index (χ3v) is 1.26. The molecule has 0 bridgehead atoms. The summed E-state index contributed by atoms with van der Waals surface area (Å²) in [5.41, 5.74) is 0.137. The summed E-state index contributed by atoms with van der Waals surface area (Å²) in [7, 11) is 0. The molecule has 3 nitrogen and oxygen atoms in total. The summed E-state index contributed by atoms with van der Waals surface area (Å²) in [6, 6.07) is 1.45. The van der Waals surface area contributed by atoms with Crippen molar-refractivity contribution in [2.45, 2.75) is 13.8 Å². The van der Waals surface area contributed by atoms with E-state index in [0.29, 0.717) is 11.5 Å². The minimum Gasteiger partial charge on any atom is -0.545 e. The molecule has 0 spiro atoms. The van der Waals surface area contributed by atoms with E-state index in [-0.39, 0.29) is 5.56 Å². The highest BCUT2D eigenvalue weighted by atomic mass is 16.4. The van der Waals surface area contributed by atoms with Gasteiger partial charge in [0, 0.05) is 5.56 Å². The predicted octanol–water partition coefficient (Wildman–Crippen LogP) is 0.260. The van der Waals surface area contributed by atoms with Gasteiger partial charge in [0.2, 0.25) is 0 Å². The molecule has 0 aromatic carbocycles. The molecule has 0 atom stereocenters. The van der Waals surface area contributed by atoms with Gasteiger partial charge in [-0.2, -0.15) is 0 Å². The van der Waals surface area contributed by atoms with E-state index in [1.165, 1.54) is 6.07 Å². The monoisotopic (exact) mass is 139 g/mol. The van der Waals surface area contributed by atoms with Crippen molar-refractivity contribution in [1.29, 1.82) is 0 Å². The Morgan fingerprint density at radius 2 is 2.20 bits per heavy atom. The Morgan fingerprint density at radius 1 is 1.60 bits per heavy atom. The molecule has 0 aliphatic rings. The molecule has 0 N–H and O–H groups in total. The van der Waals surface area contributed by atoms with Crippen molar-refractivity contribution < 1.29 is 14.3 Å². The summed E-state index contributed by atoms with van der Waals surface area (Å²) in [4.78, 5) is 10.3. The molecule has 0 aliphatic carbocycles. The zero-order valence-electron chi connectivity index (χ0n) is 5.80. The first kappa shape index (κ1) is 6.86. The van der Waals surface area contributed by atoms with Crippen LogP contribution in [0.5, 0.6) is 0 Å². The molecule has 0 amide bonds. The van der Waals surface area contributed by atoms with Crippen LogP contribution in [0.4, 0.5) is 0 Å². The highest BCUT2D eigenvalue weighted by molar-refractivity contribution is 5.86. The van der Waals surface area contributed by atoms with Crippen molar-refractivity contribution in [3.63, 3.8) is 0 Å². The molecule has 0 radical (unpaired) electrons. The number of hydrogen-bond acceptors (Lipinski definition) is 3. The molecule has 54 valence electrons. The lowest BCUT2D eigenvalue weighted by atomic mass is 10.2. The van der Waals surface area contributed by atoms with Gasteiger partial charge >= 0.3 is 0 Å². The van der Waals surface area contributed by atoms with Crippen LogP contribution in [0.3, 0.4) is 0 Å². The number of carboxylic acid groups (broad SMARTS) is 1. The van der Waals surface area contributed by atoms with Crippen LogP contribution in [-0.2, 0) is 0 Å². The van der Waals surface area contributed by atoms with Crippen LogP contribution in [-0.4, -0.2) is 5.97 Å². The van der Waals surface area contributed by atoms with Crippen LogP contribution in [0.25, 0.3) is 0 Å². The van der Waals surface area contributed by atoms with E-state index in [1.54, 1.807) is 13.8 Å². The molecule has 1 aromatic rings. The second-order valence-corrected chi connectivity index (χ2v) is 2.11. The number of hydrogen-bond donors (Lipinski definition) is 0. The van der Waals surface area contributed by atoms with Gasteiger partial charge in [0.1, 0.15) is 11.5 Å². The minimum atomic E-state index is -1.19. The van der Waals surface area contributed by atoms with Crippen LogP contribution in [0, 0.1) is 13.8 Å². The summed E-state index contributed by atoms with van der Waals surface area (Å²) < 4.78 is 4.95. The Balaban J connectivity index is 3.15. The molecule has 0 saturated heterocycles. The first-order chi connectivity index (χ1) is 4.61. The Morgan fingerprint density at radius 3 is 2.40 bits per heavy atom. The van der Waals surface area contributed by atoms with Crippen LogP contribution in [0.15, 0.2) is 10.5 Å². The highest BCUT2D eigenvalue weighted by Gasteiger charge is 2.03. The maximum Gasteiger partial charge on any atom is 0.110 e. The van der Waals surface area contributed by atoms with Crippen LogP contribution in [0.1, 0.15) is 21.9 Å². The first-order valence-corrected chi connectivity index (χ1v) is 2.89. The van der Waals surface area contributed by atoms with E-state index in [0.717, 1.165) is 0 Å². The lowest BCUT2D eigenvalue weighted by molar-refractivity contribution is -0.255. The predicted molar refractivity (Wildman–Crippen MR) is 32.5 cm³/mol. The van der Waals surface area contributed by atoms with E-state index in [2.05, 4.69) is 0 Å². The van der Waals surface area contributed by atoms with Gasteiger partial charge in [0.05, 0.1) is 5.97 Å². The normalized spacial score (nSPS) is 9.80. The zero-order chi connectivity index (χ0) is 7.72. The van der Waals surface area contributed by atoms with Gasteiger partial charge in [-0.15, -0.1) is 0 Å². The summed E-state index contributed by atoms with van der Waals surface area (Å²) >= 11 is 0. The maximum atomic E-state index is 10.3. The summed E-state index contributed by atoms with van der Waals surface area (Å²) in [6.07, 6.45) is 0. The van der Waals surface area contributed by atoms with Gasteiger partial charge in [-0.3, -0.25) is 0 Å². The van der Waals surface area contributed by atoms with Gasteiger partial charge in [-0.05, 0) is 19.9 Å². The fourth-order valence-corrected chi connectivity index (χ4v) is 0.833. The standard InChI is InChI=1S/C7H8O3/c1-4-3-6(7(8)9)5(2)10-4/h3H,1-2H3,(H,8,9)/p-1. The molecule has 1 aromatic heterocycles. The molecule has 1 heterocycles. The van der Waals surface area contributed by atoms with Crippen molar-refractivity contribution in [3.05, 3.63) is 23.2 Å². The van der Waals surface area contributed by atoms with Crippen molar-refractivity contribution in [3.8, 4) is 0 Å². The number of carboxylic acids is 1. The molecule has 1 rings (SSSR count). The minimum absolute atomic E-state index is 0.137. The highest BCUT2D eigenvalue weighted by Crippen LogP contribution is 2.11. The molecular weight excluding hydrogens is 132 g/mol. The summed E-state index contributed by atoms with van der Waals surface area (Å²) in [6.45, 7) is 3.29. The lowest BCUT2D eigenvalue weighted by Crippen LogP contribution is -2.22. The van der Waals surface area contributed by atoms with Crippen LogP contribution < -0.4 is 5.11 Å². The van der Waals surface area contributed by atoms with Gasteiger partial charge in [-0.25, -0.2) is 0 Å². The largest absolute Gasteiger partial charge is 0.545 e. The number of rotatable bonds is 1. The summed E-state index contributed by atoms with van der Waals surface area (Å²) in [5.74, 6) is -0.191. The van der Waals surface area contributed by atoms with Crippen molar-refractivity contribution in [2.24, 2.45) is 0 Å². The molecule has 3 heteroatoms. The van der Waals surface area contributed by atoms with Gasteiger partial charge in [0.25, 0.3) is 0 Å². The maximum absolute atomic E-state index is 10.3. The van der Waals surface area contributed by atoms with Crippen molar-refractivity contribution in [1.82, 2.24) is 0 Å². The summed E-state index contributed by atoms with van der Waals surface area (Å²) in [5, 5.41) is 10.3. The number of carbonyl (C=O) groups excluding carboxylic acids is 1. The van der Waals surface area contributed by atoms with E-state index in [1.807, 2.05) is 0 Å². The third kappa shape index (κ3) is 1.03. The lowest BCUT2D eigenvalue weighted by Gasteiger charge is -1.95. The average molecular weight is 139 g/mol. The second kappa shape index (κ2) is 2.17. The number of furan rings is 1. The van der Waals surface area contributed by atoms with Gasteiger partial charge < -0.3 is 14.3 Å². The van der Waals surface area contributed by atoms with Crippen LogP contribution in [0.2, 0.25) is 0 Å². The number of carbonyl (C=O) groups is 1. The fraction of sp³-hybridized carbons (Fsp3) is 0.286. The van der Waals surface area contributed by atoms with E-state index >= 15 is 0 Å². The SMILES string of the molecule is Cc1cc(C(=O)[O-])c(C)o1. The number of aryl methyl sites for hydroxylation is 2. The zero-order valence-corrected chi connectivity index (χ0v) is 5.80. The van der Waals surface area contributed by atoms with E-state index in [9.17, 15) is 9.90 Å². The topological polar surface area (TPSA) is 53.3 Å². The smallest absolute Gasteiger partial charge is 0.110 e. The molecule has 10 heavy (non-hydrogen) atoms. The Labute approximate surface area is 58.3 Å².